The summed E-state index contributed by atoms with van der Waals surface area (Å²) in [5, 5.41) is 5.59. The molecular weight excluding hydrogens is 383 g/mol. The van der Waals surface area contributed by atoms with Gasteiger partial charge in [-0.1, -0.05) is 12.1 Å². The van der Waals surface area contributed by atoms with E-state index in [-0.39, 0.29) is 30.2 Å². The van der Waals surface area contributed by atoms with Crippen molar-refractivity contribution in [3.8, 4) is 0 Å². The lowest BCUT2D eigenvalue weighted by Gasteiger charge is -2.34. The molecule has 1 aliphatic rings. The van der Waals surface area contributed by atoms with Crippen LogP contribution in [0.15, 0.2) is 66.9 Å². The Morgan fingerprint density at radius 1 is 1.00 bits per heavy atom. The van der Waals surface area contributed by atoms with Crippen molar-refractivity contribution in [3.63, 3.8) is 0 Å². The Morgan fingerprint density at radius 2 is 1.77 bits per heavy atom. The minimum absolute atomic E-state index is 0.136. The summed E-state index contributed by atoms with van der Waals surface area (Å²) in [5.41, 5.74) is 2.45. The molecule has 2 amide bonds. The van der Waals surface area contributed by atoms with Gasteiger partial charge in [-0.2, -0.15) is 0 Å². The molecule has 2 N–H and O–H groups in total. The van der Waals surface area contributed by atoms with E-state index in [0.717, 1.165) is 13.1 Å². The number of amides is 2. The quantitative estimate of drug-likeness (QED) is 0.676. The van der Waals surface area contributed by atoms with E-state index < -0.39 is 0 Å². The van der Waals surface area contributed by atoms with Crippen LogP contribution in [-0.4, -0.2) is 34.4 Å². The van der Waals surface area contributed by atoms with E-state index in [1.165, 1.54) is 30.0 Å². The molecule has 154 valence electrons. The molecule has 4 rings (SSSR count). The minimum atomic E-state index is -0.375. The molecule has 2 heterocycles. The van der Waals surface area contributed by atoms with Crippen molar-refractivity contribution in [1.29, 1.82) is 0 Å². The lowest BCUT2D eigenvalue weighted by Crippen LogP contribution is -2.41. The Balaban J connectivity index is 1.43. The second-order valence-corrected chi connectivity index (χ2v) is 7.33. The molecule has 0 radical (unpaired) electrons. The summed E-state index contributed by atoms with van der Waals surface area (Å²) in [4.78, 5) is 27.5. The predicted octanol–water partition coefficient (Wildman–Crippen LogP) is 3.89. The fraction of sp³-hybridized carbons (Fsp3) is 0.217. The van der Waals surface area contributed by atoms with Crippen LogP contribution in [-0.2, 0) is 11.3 Å². The maximum atomic E-state index is 13.1. The van der Waals surface area contributed by atoms with E-state index in [4.69, 9.17) is 0 Å². The van der Waals surface area contributed by atoms with E-state index in [9.17, 15) is 14.0 Å². The summed E-state index contributed by atoms with van der Waals surface area (Å²) in [7, 11) is 0. The van der Waals surface area contributed by atoms with E-state index in [0.29, 0.717) is 16.9 Å². The molecule has 0 aliphatic carbocycles. The first kappa shape index (κ1) is 19.8. The van der Waals surface area contributed by atoms with Gasteiger partial charge in [-0.05, 0) is 55.5 Å². The second kappa shape index (κ2) is 8.51. The highest BCUT2D eigenvalue weighted by atomic mass is 19.1. The summed E-state index contributed by atoms with van der Waals surface area (Å²) in [6.45, 7) is 3.95. The van der Waals surface area contributed by atoms with Gasteiger partial charge in [-0.15, -0.1) is 0 Å². The minimum Gasteiger partial charge on any atom is -0.349 e. The molecule has 0 saturated carbocycles. The zero-order chi connectivity index (χ0) is 21.1. The number of rotatable bonds is 5. The van der Waals surface area contributed by atoms with Crippen LogP contribution in [0.1, 0.15) is 29.0 Å². The Labute approximate surface area is 174 Å². The van der Waals surface area contributed by atoms with Crippen molar-refractivity contribution in [2.45, 2.75) is 19.5 Å². The average molecular weight is 406 g/mol. The molecule has 1 aliphatic heterocycles. The van der Waals surface area contributed by atoms with Gasteiger partial charge in [0.1, 0.15) is 5.82 Å². The molecule has 0 unspecified atom stereocenters. The summed E-state index contributed by atoms with van der Waals surface area (Å²) in [6.07, 6.45) is 2.05. The number of fused-ring (bicyclic) bond motifs is 1. The van der Waals surface area contributed by atoms with Crippen LogP contribution in [0.2, 0.25) is 0 Å². The van der Waals surface area contributed by atoms with Crippen molar-refractivity contribution >= 4 is 23.2 Å². The third kappa shape index (κ3) is 4.26. The number of carbonyl (C=O) groups is 2. The number of anilines is 2. The van der Waals surface area contributed by atoms with Crippen LogP contribution >= 0.6 is 0 Å². The zero-order valence-electron chi connectivity index (χ0n) is 16.6. The highest BCUT2D eigenvalue weighted by Gasteiger charge is 2.25. The van der Waals surface area contributed by atoms with Crippen molar-refractivity contribution in [2.24, 2.45) is 0 Å². The monoisotopic (exact) mass is 406 g/mol. The van der Waals surface area contributed by atoms with Gasteiger partial charge in [0.05, 0.1) is 17.8 Å². The van der Waals surface area contributed by atoms with Crippen LogP contribution in [0, 0.1) is 5.82 Å². The molecule has 30 heavy (non-hydrogen) atoms. The van der Waals surface area contributed by atoms with Gasteiger partial charge >= 0.3 is 0 Å². The van der Waals surface area contributed by atoms with Crippen LogP contribution in [0.3, 0.4) is 0 Å². The first-order chi connectivity index (χ1) is 14.5. The second-order valence-electron chi connectivity index (χ2n) is 7.33. The molecule has 0 bridgehead atoms. The summed E-state index contributed by atoms with van der Waals surface area (Å²) >= 11 is 0. The van der Waals surface area contributed by atoms with Crippen molar-refractivity contribution in [2.75, 3.05) is 23.7 Å². The molecule has 0 spiro atoms. The first-order valence-electron chi connectivity index (χ1n) is 9.86. The van der Waals surface area contributed by atoms with Crippen LogP contribution < -0.4 is 10.6 Å². The topological polar surface area (TPSA) is 66.4 Å². The predicted molar refractivity (Wildman–Crippen MR) is 114 cm³/mol. The van der Waals surface area contributed by atoms with Gasteiger partial charge in [0.15, 0.2) is 0 Å². The molecule has 7 heteroatoms. The first-order valence-corrected chi connectivity index (χ1v) is 9.86. The smallest absolute Gasteiger partial charge is 0.257 e. The molecule has 1 atom stereocenters. The number of halogens is 1. The van der Waals surface area contributed by atoms with Crippen LogP contribution in [0.25, 0.3) is 0 Å². The Hall–Kier alpha value is -3.45. The van der Waals surface area contributed by atoms with Crippen molar-refractivity contribution < 1.29 is 14.0 Å². The molecule has 1 aromatic heterocycles. The molecule has 2 aromatic carbocycles. The number of nitrogens with zero attached hydrogens (tertiary/aromatic N) is 2. The standard InChI is InChI=1S/C23H23FN4O2/c1-16-21-7-4-12-27(21)13-14-28(16)15-22(29)26-20-6-3-2-5-19(20)23(30)25-18-10-8-17(24)9-11-18/h2-12,16H,13-15H2,1H3,(H,25,30)(H,26,29)/t16-/m0/s1. The number of hydrogen-bond acceptors (Lipinski definition) is 3. The van der Waals surface area contributed by atoms with E-state index in [2.05, 4.69) is 39.3 Å². The number of hydrogen-bond donors (Lipinski definition) is 2. The summed E-state index contributed by atoms with van der Waals surface area (Å²) in [6, 6.07) is 16.6. The van der Waals surface area contributed by atoms with Crippen molar-refractivity contribution in [1.82, 2.24) is 9.47 Å². The van der Waals surface area contributed by atoms with E-state index >= 15 is 0 Å². The van der Waals surface area contributed by atoms with Gasteiger partial charge in [0.25, 0.3) is 5.91 Å². The SMILES string of the molecule is C[C@H]1c2cccn2CCN1CC(=O)Nc1ccccc1C(=O)Nc1ccc(F)cc1. The van der Waals surface area contributed by atoms with Crippen LogP contribution in [0.5, 0.6) is 0 Å². The maximum Gasteiger partial charge on any atom is 0.257 e. The van der Waals surface area contributed by atoms with Gasteiger partial charge in [0.2, 0.25) is 5.91 Å². The van der Waals surface area contributed by atoms with E-state index in [1.54, 1.807) is 24.3 Å². The molecule has 6 nitrogen and oxygen atoms in total. The lowest BCUT2D eigenvalue weighted by molar-refractivity contribution is -0.118. The number of benzene rings is 2. The fourth-order valence-corrected chi connectivity index (χ4v) is 3.74. The van der Waals surface area contributed by atoms with Gasteiger partial charge < -0.3 is 15.2 Å². The van der Waals surface area contributed by atoms with Crippen molar-refractivity contribution in [3.05, 3.63) is 83.9 Å². The third-order valence-corrected chi connectivity index (χ3v) is 5.36. The van der Waals surface area contributed by atoms with Gasteiger partial charge in [0, 0.05) is 36.7 Å². The largest absolute Gasteiger partial charge is 0.349 e. The van der Waals surface area contributed by atoms with Gasteiger partial charge in [-0.25, -0.2) is 4.39 Å². The Kier molecular flexibility index (Phi) is 5.63. The maximum absolute atomic E-state index is 13.1. The number of carbonyl (C=O) groups excluding carboxylic acids is 2. The number of nitrogens with one attached hydrogen (secondary N) is 2. The Morgan fingerprint density at radius 3 is 2.57 bits per heavy atom. The zero-order valence-corrected chi connectivity index (χ0v) is 16.6. The Bertz CT molecular complexity index is 1060. The molecule has 0 saturated heterocycles. The molecular formula is C23H23FN4O2. The lowest BCUT2D eigenvalue weighted by atomic mass is 10.1. The normalized spacial score (nSPS) is 16.0. The number of para-hydroxylation sites is 1. The highest BCUT2D eigenvalue weighted by Crippen LogP contribution is 2.25. The van der Waals surface area contributed by atoms with Crippen LogP contribution in [0.4, 0.5) is 15.8 Å². The molecule has 0 fully saturated rings. The van der Waals surface area contributed by atoms with E-state index in [1.807, 2.05) is 6.07 Å². The number of aromatic nitrogens is 1. The molecule has 3 aromatic rings. The fourth-order valence-electron chi connectivity index (χ4n) is 3.74. The summed E-state index contributed by atoms with van der Waals surface area (Å²) in [5.74, 6) is -0.926. The third-order valence-electron chi connectivity index (χ3n) is 5.36. The van der Waals surface area contributed by atoms with Gasteiger partial charge in [-0.3, -0.25) is 14.5 Å². The average Bonchev–Trinajstić information content (AvgIpc) is 3.22. The summed E-state index contributed by atoms with van der Waals surface area (Å²) < 4.78 is 15.3. The highest BCUT2D eigenvalue weighted by molar-refractivity contribution is 6.10.